The lowest BCUT2D eigenvalue weighted by Crippen LogP contribution is -2.03. The van der Waals surface area contributed by atoms with Crippen molar-refractivity contribution in [1.82, 2.24) is 9.78 Å². The predicted octanol–water partition coefficient (Wildman–Crippen LogP) is 2.51. The average molecular weight is 159 g/mol. The van der Waals surface area contributed by atoms with E-state index < -0.39 is 0 Å². The molecule has 0 aliphatic carbocycles. The molecule has 10 heavy (non-hydrogen) atoms. The van der Waals surface area contributed by atoms with Crippen molar-refractivity contribution >= 4 is 11.6 Å². The van der Waals surface area contributed by atoms with Gasteiger partial charge < -0.3 is 0 Å². The highest BCUT2D eigenvalue weighted by atomic mass is 35.5. The lowest BCUT2D eigenvalue weighted by molar-refractivity contribution is 0.478. The Bertz CT molecular complexity index is 207. The summed E-state index contributed by atoms with van der Waals surface area (Å²) in [6.07, 6.45) is 4.58. The fourth-order valence-corrected chi connectivity index (χ4v) is 0.887. The summed E-state index contributed by atoms with van der Waals surface area (Å²) in [6, 6.07) is 0.451. The third-order valence-electron chi connectivity index (χ3n) is 1.61. The highest BCUT2D eigenvalue weighted by molar-refractivity contribution is 6.30. The summed E-state index contributed by atoms with van der Waals surface area (Å²) in [5, 5.41) is 4.78. The van der Waals surface area contributed by atoms with Crippen LogP contribution in [0, 0.1) is 0 Å². The van der Waals surface area contributed by atoms with Crippen LogP contribution in [0.2, 0.25) is 5.02 Å². The van der Waals surface area contributed by atoms with Crippen LogP contribution in [-0.2, 0) is 0 Å². The van der Waals surface area contributed by atoms with E-state index in [1.165, 1.54) is 0 Å². The summed E-state index contributed by atoms with van der Waals surface area (Å²) in [7, 11) is 0. The van der Waals surface area contributed by atoms with Gasteiger partial charge in [-0.3, -0.25) is 4.68 Å². The van der Waals surface area contributed by atoms with Crippen molar-refractivity contribution in [1.29, 1.82) is 0 Å². The molecule has 0 radical (unpaired) electrons. The summed E-state index contributed by atoms with van der Waals surface area (Å²) >= 11 is 5.68. The van der Waals surface area contributed by atoms with Gasteiger partial charge in [0.25, 0.3) is 0 Å². The normalized spacial score (nSPS) is 13.5. The SMILES string of the molecule is CC[C@H](C)n1cc(Cl)cn1. The van der Waals surface area contributed by atoms with Crippen LogP contribution in [0.4, 0.5) is 0 Å². The van der Waals surface area contributed by atoms with Crippen LogP contribution >= 0.6 is 11.6 Å². The van der Waals surface area contributed by atoms with Crippen molar-refractivity contribution in [3.8, 4) is 0 Å². The summed E-state index contributed by atoms with van der Waals surface area (Å²) < 4.78 is 1.88. The van der Waals surface area contributed by atoms with E-state index in [9.17, 15) is 0 Å². The van der Waals surface area contributed by atoms with Crippen molar-refractivity contribution in [3.63, 3.8) is 0 Å². The highest BCUT2D eigenvalue weighted by Gasteiger charge is 2.01. The van der Waals surface area contributed by atoms with E-state index in [2.05, 4.69) is 18.9 Å². The standard InChI is InChI=1S/C7H11ClN2/c1-3-6(2)10-5-7(8)4-9-10/h4-6H,3H2,1-2H3/t6-/m0/s1. The van der Waals surface area contributed by atoms with Crippen LogP contribution in [0.25, 0.3) is 0 Å². The molecular formula is C7H11ClN2. The molecule has 1 rings (SSSR count). The lowest BCUT2D eigenvalue weighted by Gasteiger charge is -2.06. The maximum absolute atomic E-state index is 5.68. The molecule has 0 aromatic carbocycles. The minimum atomic E-state index is 0.451. The second-order valence-electron chi connectivity index (χ2n) is 2.40. The van der Waals surface area contributed by atoms with Crippen molar-refractivity contribution in [2.24, 2.45) is 0 Å². The Morgan fingerprint density at radius 2 is 2.50 bits per heavy atom. The maximum Gasteiger partial charge on any atom is 0.0785 e. The smallest absolute Gasteiger partial charge is 0.0785 e. The zero-order valence-corrected chi connectivity index (χ0v) is 6.97. The van der Waals surface area contributed by atoms with Gasteiger partial charge in [0.2, 0.25) is 0 Å². The number of nitrogens with zero attached hydrogens (tertiary/aromatic N) is 2. The Balaban J connectivity index is 2.74. The second kappa shape index (κ2) is 3.06. The fourth-order valence-electron chi connectivity index (χ4n) is 0.743. The van der Waals surface area contributed by atoms with E-state index in [1.807, 2.05) is 10.9 Å². The van der Waals surface area contributed by atoms with Gasteiger partial charge in [0.05, 0.1) is 11.2 Å². The predicted molar refractivity (Wildman–Crippen MR) is 42.2 cm³/mol. The summed E-state index contributed by atoms with van der Waals surface area (Å²) in [5.41, 5.74) is 0. The molecule has 1 atom stereocenters. The molecule has 0 bridgehead atoms. The molecule has 0 saturated carbocycles. The molecule has 0 aliphatic rings. The molecule has 56 valence electrons. The van der Waals surface area contributed by atoms with Gasteiger partial charge in [-0.1, -0.05) is 18.5 Å². The molecule has 1 heterocycles. The van der Waals surface area contributed by atoms with E-state index in [-0.39, 0.29) is 0 Å². The van der Waals surface area contributed by atoms with Crippen molar-refractivity contribution in [2.75, 3.05) is 0 Å². The number of aromatic nitrogens is 2. The summed E-state index contributed by atoms with van der Waals surface area (Å²) in [4.78, 5) is 0. The molecule has 0 fully saturated rings. The van der Waals surface area contributed by atoms with Crippen LogP contribution in [-0.4, -0.2) is 9.78 Å². The molecule has 0 spiro atoms. The minimum Gasteiger partial charge on any atom is -0.268 e. The van der Waals surface area contributed by atoms with Crippen LogP contribution in [0.1, 0.15) is 26.3 Å². The monoisotopic (exact) mass is 158 g/mol. The molecule has 0 saturated heterocycles. The van der Waals surface area contributed by atoms with Gasteiger partial charge >= 0.3 is 0 Å². The van der Waals surface area contributed by atoms with E-state index in [4.69, 9.17) is 11.6 Å². The first kappa shape index (κ1) is 7.61. The average Bonchev–Trinajstić information content (AvgIpc) is 2.34. The highest BCUT2D eigenvalue weighted by Crippen LogP contribution is 2.12. The van der Waals surface area contributed by atoms with Crippen LogP contribution in [0.5, 0.6) is 0 Å². The Hall–Kier alpha value is -0.500. The maximum atomic E-state index is 5.68. The Labute approximate surface area is 65.8 Å². The van der Waals surface area contributed by atoms with Gasteiger partial charge in [-0.15, -0.1) is 0 Å². The number of rotatable bonds is 2. The van der Waals surface area contributed by atoms with Gasteiger partial charge in [0.1, 0.15) is 0 Å². The van der Waals surface area contributed by atoms with Gasteiger partial charge in [-0.2, -0.15) is 5.10 Å². The zero-order valence-electron chi connectivity index (χ0n) is 6.21. The molecule has 0 N–H and O–H groups in total. The Morgan fingerprint density at radius 3 is 2.90 bits per heavy atom. The molecule has 0 amide bonds. The van der Waals surface area contributed by atoms with Crippen LogP contribution < -0.4 is 0 Å². The lowest BCUT2D eigenvalue weighted by atomic mass is 10.3. The van der Waals surface area contributed by atoms with Crippen molar-refractivity contribution in [2.45, 2.75) is 26.3 Å². The van der Waals surface area contributed by atoms with Crippen LogP contribution in [0.15, 0.2) is 12.4 Å². The van der Waals surface area contributed by atoms with Gasteiger partial charge in [0.15, 0.2) is 0 Å². The van der Waals surface area contributed by atoms with Gasteiger partial charge in [-0.25, -0.2) is 0 Å². The Morgan fingerprint density at radius 1 is 1.80 bits per heavy atom. The third-order valence-corrected chi connectivity index (χ3v) is 1.81. The molecular weight excluding hydrogens is 148 g/mol. The largest absolute Gasteiger partial charge is 0.268 e. The van der Waals surface area contributed by atoms with E-state index in [0.29, 0.717) is 11.1 Å². The topological polar surface area (TPSA) is 17.8 Å². The quantitative estimate of drug-likeness (QED) is 0.647. The molecule has 1 aromatic heterocycles. The molecule has 0 unspecified atom stereocenters. The van der Waals surface area contributed by atoms with Crippen molar-refractivity contribution < 1.29 is 0 Å². The summed E-state index contributed by atoms with van der Waals surface area (Å²) in [6.45, 7) is 4.24. The first-order chi connectivity index (χ1) is 4.74. The third kappa shape index (κ3) is 1.51. The van der Waals surface area contributed by atoms with E-state index in [1.54, 1.807) is 6.20 Å². The van der Waals surface area contributed by atoms with E-state index >= 15 is 0 Å². The van der Waals surface area contributed by atoms with Gasteiger partial charge in [0, 0.05) is 12.2 Å². The van der Waals surface area contributed by atoms with Gasteiger partial charge in [-0.05, 0) is 13.3 Å². The second-order valence-corrected chi connectivity index (χ2v) is 2.83. The molecule has 0 aliphatic heterocycles. The van der Waals surface area contributed by atoms with Crippen LogP contribution in [0.3, 0.4) is 0 Å². The number of hydrogen-bond acceptors (Lipinski definition) is 1. The van der Waals surface area contributed by atoms with Crippen molar-refractivity contribution in [3.05, 3.63) is 17.4 Å². The first-order valence-corrected chi connectivity index (χ1v) is 3.81. The number of halogens is 1. The molecule has 3 heteroatoms. The first-order valence-electron chi connectivity index (χ1n) is 3.43. The summed E-state index contributed by atoms with van der Waals surface area (Å²) in [5.74, 6) is 0. The number of hydrogen-bond donors (Lipinski definition) is 0. The fraction of sp³-hybridized carbons (Fsp3) is 0.571. The molecule has 2 nitrogen and oxygen atoms in total. The van der Waals surface area contributed by atoms with E-state index in [0.717, 1.165) is 6.42 Å². The minimum absolute atomic E-state index is 0.451. The Kier molecular flexibility index (Phi) is 2.33. The molecule has 1 aromatic rings. The zero-order chi connectivity index (χ0) is 7.56.